The molecule has 98 valence electrons. The van der Waals surface area contributed by atoms with Crippen LogP contribution < -0.4 is 22.7 Å². The van der Waals surface area contributed by atoms with Crippen LogP contribution in [0.3, 0.4) is 0 Å². The summed E-state index contributed by atoms with van der Waals surface area (Å²) >= 11 is 0. The predicted octanol–water partition coefficient (Wildman–Crippen LogP) is -1.92. The van der Waals surface area contributed by atoms with Crippen LogP contribution in [0.1, 0.15) is 23.2 Å². The Morgan fingerprint density at radius 1 is 1.44 bits per heavy atom. The van der Waals surface area contributed by atoms with E-state index in [1.807, 2.05) is 4.98 Å². The molecule has 1 aromatic heterocycles. The number of hydrogen-bond acceptors (Lipinski definition) is 5. The molecule has 0 aliphatic rings. The predicted molar refractivity (Wildman–Crippen MR) is 63.1 cm³/mol. The molecule has 0 bridgehead atoms. The van der Waals surface area contributed by atoms with E-state index in [0.717, 1.165) is 10.8 Å². The molecule has 0 aromatic carbocycles. The van der Waals surface area contributed by atoms with E-state index < -0.39 is 29.1 Å². The molecule has 8 heteroatoms. The fraction of sp³-hybridized carbons (Fsp3) is 0.400. The zero-order chi connectivity index (χ0) is 13.9. The number of nitrogens with zero attached hydrogens (tertiary/aromatic N) is 1. The van der Waals surface area contributed by atoms with E-state index in [0.29, 0.717) is 0 Å². The number of nitrogens with one attached hydrogen (secondary N) is 1. The lowest BCUT2D eigenvalue weighted by Crippen LogP contribution is -2.38. The van der Waals surface area contributed by atoms with E-state index in [2.05, 4.69) is 0 Å². The molecule has 18 heavy (non-hydrogen) atoms. The van der Waals surface area contributed by atoms with Gasteiger partial charge in [-0.1, -0.05) is 0 Å². The highest BCUT2D eigenvalue weighted by molar-refractivity contribution is 5.82. The van der Waals surface area contributed by atoms with Crippen molar-refractivity contribution in [2.45, 2.75) is 25.8 Å². The van der Waals surface area contributed by atoms with E-state index in [-0.39, 0.29) is 18.4 Å². The highest BCUT2D eigenvalue weighted by Gasteiger charge is 2.14. The third-order valence-electron chi connectivity index (χ3n) is 2.42. The number of carbonyl (C=O) groups excluding carboxylic acids is 2. The first-order valence-corrected chi connectivity index (χ1v) is 5.23. The van der Waals surface area contributed by atoms with Gasteiger partial charge in [-0.05, 0) is 13.3 Å². The summed E-state index contributed by atoms with van der Waals surface area (Å²) in [4.78, 5) is 46.9. The molecule has 1 atom stereocenters. The fourth-order valence-electron chi connectivity index (χ4n) is 1.29. The maximum absolute atomic E-state index is 11.7. The number of aryl methyl sites for hydroxylation is 1. The van der Waals surface area contributed by atoms with Gasteiger partial charge in [0.15, 0.2) is 0 Å². The Balaban J connectivity index is 2.86. The van der Waals surface area contributed by atoms with Crippen molar-refractivity contribution in [3.05, 3.63) is 32.6 Å². The van der Waals surface area contributed by atoms with Gasteiger partial charge in [-0.3, -0.25) is 19.4 Å². The topological polar surface area (TPSA) is 141 Å². The van der Waals surface area contributed by atoms with E-state index >= 15 is 0 Å². The number of primary amides is 1. The van der Waals surface area contributed by atoms with Crippen LogP contribution in [0, 0.1) is 6.92 Å². The lowest BCUT2D eigenvalue weighted by atomic mass is 10.1. The summed E-state index contributed by atoms with van der Waals surface area (Å²) < 4.78 is 0.782. The van der Waals surface area contributed by atoms with E-state index in [1.165, 1.54) is 6.92 Å². The molecule has 0 fully saturated rings. The van der Waals surface area contributed by atoms with Gasteiger partial charge in [-0.15, -0.1) is 0 Å². The second kappa shape index (κ2) is 5.41. The lowest BCUT2D eigenvalue weighted by Gasteiger charge is -2.07. The number of aromatic nitrogens is 2. The monoisotopic (exact) mass is 254 g/mol. The smallest absolute Gasteiger partial charge is 0.335 e. The maximum Gasteiger partial charge on any atom is 0.335 e. The van der Waals surface area contributed by atoms with Gasteiger partial charge in [0.1, 0.15) is 0 Å². The average Bonchev–Trinajstić information content (AvgIpc) is 2.30. The van der Waals surface area contributed by atoms with Gasteiger partial charge in [0.25, 0.3) is 5.56 Å². The number of H-pyrrole nitrogens is 1. The molecule has 8 nitrogen and oxygen atoms in total. The van der Waals surface area contributed by atoms with Crippen LogP contribution in [0.2, 0.25) is 0 Å². The number of carbonyl (C=O) groups is 2. The van der Waals surface area contributed by atoms with E-state index in [9.17, 15) is 19.2 Å². The number of rotatable bonds is 4. The average molecular weight is 254 g/mol. The zero-order valence-electron chi connectivity index (χ0n) is 9.80. The third kappa shape index (κ3) is 3.14. The van der Waals surface area contributed by atoms with Crippen LogP contribution in [-0.4, -0.2) is 27.4 Å². The van der Waals surface area contributed by atoms with Crippen molar-refractivity contribution >= 4 is 11.8 Å². The summed E-state index contributed by atoms with van der Waals surface area (Å²) in [6.45, 7) is 1.47. The van der Waals surface area contributed by atoms with Crippen molar-refractivity contribution in [1.82, 2.24) is 9.55 Å². The molecule has 0 saturated heterocycles. The second-order valence-electron chi connectivity index (χ2n) is 3.88. The van der Waals surface area contributed by atoms with Crippen LogP contribution >= 0.6 is 0 Å². The summed E-state index contributed by atoms with van der Waals surface area (Å²) in [5.74, 6) is -1.27. The summed E-state index contributed by atoms with van der Waals surface area (Å²) in [6.07, 6.45) is 1.08. The summed E-state index contributed by atoms with van der Waals surface area (Å²) in [5, 5.41) is 0. The van der Waals surface area contributed by atoms with Gasteiger partial charge < -0.3 is 11.5 Å². The lowest BCUT2D eigenvalue weighted by molar-refractivity contribution is -0.119. The number of nitrogens with two attached hydrogens (primary N) is 2. The Morgan fingerprint density at radius 2 is 2.06 bits per heavy atom. The van der Waals surface area contributed by atoms with Gasteiger partial charge in [0.05, 0.1) is 6.04 Å². The standard InChI is InChI=1S/C10H14N4O4/c1-5-4-14(10(18)13-9(5)17)7(15)3-2-6(11)8(12)16/h4,6H,2-3,11H2,1H3,(H2,12,16)(H,13,17,18)/t6-/m0/s1. The Hall–Kier alpha value is -2.22. The highest BCUT2D eigenvalue weighted by atomic mass is 16.2. The molecule has 0 aliphatic carbocycles. The van der Waals surface area contributed by atoms with Crippen LogP contribution in [0.15, 0.2) is 15.8 Å². The van der Waals surface area contributed by atoms with Gasteiger partial charge in [0.2, 0.25) is 11.8 Å². The number of amides is 1. The van der Waals surface area contributed by atoms with E-state index in [4.69, 9.17) is 11.5 Å². The molecule has 0 unspecified atom stereocenters. The van der Waals surface area contributed by atoms with Crippen LogP contribution in [-0.2, 0) is 4.79 Å². The van der Waals surface area contributed by atoms with Crippen molar-refractivity contribution in [3.63, 3.8) is 0 Å². The Morgan fingerprint density at radius 3 is 2.61 bits per heavy atom. The van der Waals surface area contributed by atoms with Gasteiger partial charge in [-0.25, -0.2) is 9.36 Å². The third-order valence-corrected chi connectivity index (χ3v) is 2.42. The van der Waals surface area contributed by atoms with Crippen molar-refractivity contribution < 1.29 is 9.59 Å². The molecule has 0 aliphatic heterocycles. The molecule has 1 heterocycles. The first kappa shape index (κ1) is 13.8. The Labute approximate surface area is 102 Å². The molecular formula is C10H14N4O4. The minimum atomic E-state index is -0.937. The largest absolute Gasteiger partial charge is 0.368 e. The van der Waals surface area contributed by atoms with Crippen LogP contribution in [0.25, 0.3) is 0 Å². The van der Waals surface area contributed by atoms with Gasteiger partial charge >= 0.3 is 5.69 Å². The number of aromatic amines is 1. The summed E-state index contributed by atoms with van der Waals surface area (Å²) in [7, 11) is 0. The first-order valence-electron chi connectivity index (χ1n) is 5.23. The highest BCUT2D eigenvalue weighted by Crippen LogP contribution is 1.97. The van der Waals surface area contributed by atoms with Crippen molar-refractivity contribution in [1.29, 1.82) is 0 Å². The van der Waals surface area contributed by atoms with Gasteiger partial charge in [-0.2, -0.15) is 0 Å². The molecule has 1 aromatic rings. The quantitative estimate of drug-likeness (QED) is 0.574. The van der Waals surface area contributed by atoms with Crippen LogP contribution in [0.5, 0.6) is 0 Å². The molecule has 1 rings (SSSR count). The first-order chi connectivity index (χ1) is 8.32. The molecule has 0 saturated carbocycles. The van der Waals surface area contributed by atoms with Crippen molar-refractivity contribution in [2.75, 3.05) is 0 Å². The Kier molecular flexibility index (Phi) is 4.16. The minimum absolute atomic E-state index is 0.0405. The maximum atomic E-state index is 11.7. The van der Waals surface area contributed by atoms with E-state index in [1.54, 1.807) is 0 Å². The molecule has 5 N–H and O–H groups in total. The normalized spacial score (nSPS) is 12.1. The Bertz CT molecular complexity index is 586. The fourth-order valence-corrected chi connectivity index (χ4v) is 1.29. The molecule has 0 spiro atoms. The van der Waals surface area contributed by atoms with Crippen molar-refractivity contribution in [3.8, 4) is 0 Å². The SMILES string of the molecule is Cc1cn(C(=O)CC[C@H](N)C(N)=O)c(=O)[nH]c1=O. The second-order valence-corrected chi connectivity index (χ2v) is 3.88. The molecule has 0 radical (unpaired) electrons. The minimum Gasteiger partial charge on any atom is -0.368 e. The zero-order valence-corrected chi connectivity index (χ0v) is 9.80. The molecular weight excluding hydrogens is 240 g/mol. The summed E-state index contributed by atoms with van der Waals surface area (Å²) in [5.41, 5.74) is 9.18. The molecule has 1 amide bonds. The van der Waals surface area contributed by atoms with Gasteiger partial charge in [0, 0.05) is 18.2 Å². The van der Waals surface area contributed by atoms with Crippen molar-refractivity contribution in [2.24, 2.45) is 11.5 Å². The summed E-state index contributed by atoms with van der Waals surface area (Å²) in [6, 6.07) is -0.937. The van der Waals surface area contributed by atoms with Crippen LogP contribution in [0.4, 0.5) is 0 Å². The number of hydrogen-bond donors (Lipinski definition) is 3.